The van der Waals surface area contributed by atoms with Crippen molar-refractivity contribution in [3.05, 3.63) is 54.4 Å². The summed E-state index contributed by atoms with van der Waals surface area (Å²) in [5, 5.41) is 18.6. The lowest BCUT2D eigenvalue weighted by Crippen LogP contribution is -2.35. The number of nitrogens with zero attached hydrogens (tertiary/aromatic N) is 5. The van der Waals surface area contributed by atoms with Gasteiger partial charge in [-0.3, -0.25) is 0 Å². The minimum absolute atomic E-state index is 0.140. The predicted molar refractivity (Wildman–Crippen MR) is 136 cm³/mol. The molecule has 186 valence electrons. The smallest absolute Gasteiger partial charge is 0.250 e. The second-order valence-electron chi connectivity index (χ2n) is 9.47. The van der Waals surface area contributed by atoms with Gasteiger partial charge < -0.3 is 20.6 Å². The normalized spacial score (nSPS) is 19.7. The van der Waals surface area contributed by atoms with Gasteiger partial charge in [0.2, 0.25) is 0 Å². The van der Waals surface area contributed by atoms with E-state index in [9.17, 15) is 13.9 Å². The Morgan fingerprint density at radius 3 is 2.67 bits per heavy atom. The number of nitrogen functional groups attached to an aromatic ring is 1. The van der Waals surface area contributed by atoms with Gasteiger partial charge in [0.05, 0.1) is 11.4 Å². The van der Waals surface area contributed by atoms with Crippen molar-refractivity contribution in [3.63, 3.8) is 0 Å². The van der Waals surface area contributed by atoms with E-state index in [2.05, 4.69) is 43.7 Å². The molecular weight excluding hydrogens is 462 g/mol. The molecule has 9 heteroatoms. The molecular formula is C27H28F2N6O. The van der Waals surface area contributed by atoms with Crippen LogP contribution in [0.1, 0.15) is 31.9 Å². The number of phenolic OH excluding ortho intramolecular Hbond substituents is 1. The number of hydrogen-bond acceptors (Lipinski definition) is 7. The molecule has 5 rings (SSSR count). The van der Waals surface area contributed by atoms with Crippen molar-refractivity contribution in [2.75, 3.05) is 35.2 Å². The molecule has 1 atom stereocenters. The molecule has 0 bridgehead atoms. The molecule has 1 aliphatic carbocycles. The largest absolute Gasteiger partial charge is 0.507 e. The van der Waals surface area contributed by atoms with Crippen molar-refractivity contribution >= 4 is 17.2 Å². The number of hydrogen-bond donors (Lipinski definition) is 2. The first-order valence-electron chi connectivity index (χ1n) is 12.1. The Labute approximate surface area is 209 Å². The van der Waals surface area contributed by atoms with E-state index >= 15 is 0 Å². The van der Waals surface area contributed by atoms with Gasteiger partial charge in [-0.1, -0.05) is 18.1 Å². The average molecular weight is 491 g/mol. The van der Waals surface area contributed by atoms with Crippen molar-refractivity contribution in [1.82, 2.24) is 15.2 Å². The lowest BCUT2D eigenvalue weighted by molar-refractivity contribution is -0.0936. The molecule has 7 nitrogen and oxygen atoms in total. The summed E-state index contributed by atoms with van der Waals surface area (Å²) in [5.41, 5.74) is 9.76. The summed E-state index contributed by atoms with van der Waals surface area (Å²) < 4.78 is 26.2. The number of phenols is 1. The maximum Gasteiger partial charge on any atom is 0.250 e. The molecule has 1 saturated heterocycles. The third kappa shape index (κ3) is 5.03. The fourth-order valence-corrected chi connectivity index (χ4v) is 4.76. The van der Waals surface area contributed by atoms with Gasteiger partial charge in [0.25, 0.3) is 5.92 Å². The Bertz CT molecular complexity index is 1310. The van der Waals surface area contributed by atoms with Gasteiger partial charge in [-0.2, -0.15) is 0 Å². The highest BCUT2D eigenvalue weighted by Crippen LogP contribution is 2.41. The van der Waals surface area contributed by atoms with Gasteiger partial charge in [-0.25, -0.2) is 13.8 Å². The van der Waals surface area contributed by atoms with Gasteiger partial charge in [0, 0.05) is 61.9 Å². The molecule has 0 amide bonds. The van der Waals surface area contributed by atoms with Crippen LogP contribution in [0.4, 0.5) is 26.0 Å². The lowest BCUT2D eigenvalue weighted by atomic mass is 9.82. The Balaban J connectivity index is 1.33. The van der Waals surface area contributed by atoms with Crippen LogP contribution in [-0.4, -0.2) is 51.9 Å². The molecule has 1 saturated carbocycles. The third-order valence-corrected chi connectivity index (χ3v) is 6.85. The van der Waals surface area contributed by atoms with E-state index in [-0.39, 0.29) is 30.6 Å². The summed E-state index contributed by atoms with van der Waals surface area (Å²) in [6, 6.07) is 13.0. The first-order chi connectivity index (χ1) is 17.3. The summed E-state index contributed by atoms with van der Waals surface area (Å²) >= 11 is 0. The number of pyridine rings is 1. The molecule has 36 heavy (non-hydrogen) atoms. The van der Waals surface area contributed by atoms with Crippen LogP contribution in [0.3, 0.4) is 0 Å². The van der Waals surface area contributed by atoms with Crippen LogP contribution in [0.2, 0.25) is 0 Å². The molecule has 0 spiro atoms. The van der Waals surface area contributed by atoms with Crippen molar-refractivity contribution in [2.24, 2.45) is 5.92 Å². The Kier molecular flexibility index (Phi) is 6.35. The SMILES string of the molecule is CC1CCN(c2cc(-c3ccccc3O)nnc2N)CCN1c1ccnc(C#CC2CC(F)(F)C2)c1. The zero-order valence-electron chi connectivity index (χ0n) is 20.0. The minimum atomic E-state index is -2.57. The van der Waals surface area contributed by atoms with Crippen LogP contribution in [0.15, 0.2) is 48.7 Å². The standard InChI is InChI=1S/C27H28F2N6O/c1-18-9-11-34(24-15-23(32-33-26(24)30)22-4-2-3-5-25(22)36)12-13-35(18)21-8-10-31-20(14-21)7-6-19-16-27(28,29)17-19/h2-5,8,10,14-15,18-19,36H,9,11-13,16-17H2,1H3,(H2,30,33). The first-order valence-corrected chi connectivity index (χ1v) is 12.1. The highest BCUT2D eigenvalue weighted by Gasteiger charge is 2.44. The monoisotopic (exact) mass is 490 g/mol. The zero-order chi connectivity index (χ0) is 25.3. The molecule has 0 radical (unpaired) electrons. The number of aromatic hydroxyl groups is 1. The topological polar surface area (TPSA) is 91.4 Å². The Morgan fingerprint density at radius 1 is 1.08 bits per heavy atom. The van der Waals surface area contributed by atoms with Gasteiger partial charge >= 0.3 is 0 Å². The van der Waals surface area contributed by atoms with Crippen LogP contribution in [0, 0.1) is 17.8 Å². The molecule has 2 aliphatic rings. The molecule has 2 fully saturated rings. The molecule has 3 heterocycles. The summed E-state index contributed by atoms with van der Waals surface area (Å²) in [5.74, 6) is 3.57. The van der Waals surface area contributed by atoms with Gasteiger partial charge in [0.1, 0.15) is 11.4 Å². The molecule has 3 N–H and O–H groups in total. The second kappa shape index (κ2) is 9.61. The fourth-order valence-electron chi connectivity index (χ4n) is 4.76. The van der Waals surface area contributed by atoms with E-state index in [4.69, 9.17) is 5.73 Å². The van der Waals surface area contributed by atoms with Crippen molar-refractivity contribution < 1.29 is 13.9 Å². The number of para-hydroxylation sites is 1. The van der Waals surface area contributed by atoms with E-state index in [0.29, 0.717) is 29.3 Å². The molecule has 1 unspecified atom stereocenters. The molecule has 1 aliphatic heterocycles. The van der Waals surface area contributed by atoms with Crippen LogP contribution < -0.4 is 15.5 Å². The molecule has 3 aromatic rings. The second-order valence-corrected chi connectivity index (χ2v) is 9.47. The maximum atomic E-state index is 13.1. The van der Waals surface area contributed by atoms with Gasteiger partial charge in [-0.15, -0.1) is 10.2 Å². The molecule has 2 aromatic heterocycles. The van der Waals surface area contributed by atoms with Crippen LogP contribution in [-0.2, 0) is 0 Å². The number of anilines is 3. The number of halogens is 2. The van der Waals surface area contributed by atoms with Crippen molar-refractivity contribution in [1.29, 1.82) is 0 Å². The highest BCUT2D eigenvalue weighted by molar-refractivity contribution is 5.74. The van der Waals surface area contributed by atoms with Crippen molar-refractivity contribution in [2.45, 2.75) is 38.2 Å². The van der Waals surface area contributed by atoms with Gasteiger partial charge in [0.15, 0.2) is 5.82 Å². The van der Waals surface area contributed by atoms with E-state index in [1.54, 1.807) is 24.4 Å². The quantitative estimate of drug-likeness (QED) is 0.528. The van der Waals surface area contributed by atoms with Gasteiger partial charge in [-0.05, 0) is 49.6 Å². The number of nitrogens with two attached hydrogens (primary N) is 1. The average Bonchev–Trinajstić information content (AvgIpc) is 3.04. The summed E-state index contributed by atoms with van der Waals surface area (Å²) in [6.07, 6.45) is 2.26. The number of rotatable bonds is 3. The predicted octanol–water partition coefficient (Wildman–Crippen LogP) is 4.33. The van der Waals surface area contributed by atoms with E-state index in [0.717, 1.165) is 30.9 Å². The maximum absolute atomic E-state index is 13.1. The summed E-state index contributed by atoms with van der Waals surface area (Å²) in [6.45, 7) is 4.40. The summed E-state index contributed by atoms with van der Waals surface area (Å²) in [4.78, 5) is 8.82. The Morgan fingerprint density at radius 2 is 1.89 bits per heavy atom. The molecule has 1 aromatic carbocycles. The van der Waals surface area contributed by atoms with Crippen LogP contribution in [0.5, 0.6) is 5.75 Å². The first kappa shape index (κ1) is 23.8. The number of benzene rings is 1. The van der Waals surface area contributed by atoms with E-state index < -0.39 is 5.92 Å². The zero-order valence-corrected chi connectivity index (χ0v) is 20.0. The fraction of sp³-hybridized carbons (Fsp3) is 0.370. The summed E-state index contributed by atoms with van der Waals surface area (Å²) in [7, 11) is 0. The highest BCUT2D eigenvalue weighted by atomic mass is 19.3. The minimum Gasteiger partial charge on any atom is -0.507 e. The third-order valence-electron chi connectivity index (χ3n) is 6.85. The van der Waals surface area contributed by atoms with Crippen LogP contribution in [0.25, 0.3) is 11.3 Å². The van der Waals surface area contributed by atoms with E-state index in [1.165, 1.54) is 0 Å². The Hall–Kier alpha value is -3.93. The number of alkyl halides is 2. The lowest BCUT2D eigenvalue weighted by Gasteiger charge is -2.31. The van der Waals surface area contributed by atoms with Crippen LogP contribution >= 0.6 is 0 Å². The van der Waals surface area contributed by atoms with Crippen molar-refractivity contribution in [3.8, 4) is 28.8 Å². The van der Waals surface area contributed by atoms with E-state index in [1.807, 2.05) is 24.3 Å². The number of aromatic nitrogens is 3.